The van der Waals surface area contributed by atoms with Crippen LogP contribution in [0.1, 0.15) is 0 Å². The lowest BCUT2D eigenvalue weighted by molar-refractivity contribution is 1.32. The molecule has 0 aliphatic carbocycles. The lowest BCUT2D eigenvalue weighted by Gasteiger charge is -2.02. The summed E-state index contributed by atoms with van der Waals surface area (Å²) in [7, 11) is 0. The van der Waals surface area contributed by atoms with Gasteiger partial charge in [0.25, 0.3) is 0 Å². The Morgan fingerprint density at radius 2 is 2.00 bits per heavy atom. The SMILES string of the molecule is Clc1ccc(-c2cc[c]cn2)c(Cl)c1. The summed E-state index contributed by atoms with van der Waals surface area (Å²) in [4.78, 5) is 4.16. The number of pyridine rings is 1. The fourth-order valence-electron chi connectivity index (χ4n) is 1.18. The summed E-state index contributed by atoms with van der Waals surface area (Å²) >= 11 is 11.8. The van der Waals surface area contributed by atoms with Crippen LogP contribution in [-0.4, -0.2) is 4.98 Å². The Bertz CT molecular complexity index is 440. The molecule has 0 fully saturated rings. The smallest absolute Gasteiger partial charge is 0.0717 e. The van der Waals surface area contributed by atoms with E-state index in [1.807, 2.05) is 12.1 Å². The fraction of sp³-hybridized carbons (Fsp3) is 0. The van der Waals surface area contributed by atoms with E-state index in [-0.39, 0.29) is 0 Å². The van der Waals surface area contributed by atoms with Gasteiger partial charge in [0.15, 0.2) is 0 Å². The predicted molar refractivity (Wildman–Crippen MR) is 58.5 cm³/mol. The standard InChI is InChI=1S/C11H6Cl2N/c12-8-4-5-9(10(13)7-8)11-3-1-2-6-14-11/h1,3-7H. The zero-order chi connectivity index (χ0) is 9.97. The third-order valence-electron chi connectivity index (χ3n) is 1.82. The number of nitrogens with zero attached hydrogens (tertiary/aromatic N) is 1. The molecule has 1 heterocycles. The molecule has 0 aliphatic rings. The van der Waals surface area contributed by atoms with Gasteiger partial charge < -0.3 is 0 Å². The summed E-state index contributed by atoms with van der Waals surface area (Å²) in [5.41, 5.74) is 1.70. The quantitative estimate of drug-likeness (QED) is 0.715. The molecule has 0 saturated carbocycles. The van der Waals surface area contributed by atoms with Crippen LogP contribution < -0.4 is 0 Å². The van der Waals surface area contributed by atoms with Crippen molar-refractivity contribution in [3.8, 4) is 11.3 Å². The Morgan fingerprint density at radius 1 is 1.14 bits per heavy atom. The van der Waals surface area contributed by atoms with Gasteiger partial charge in [-0.15, -0.1) is 0 Å². The van der Waals surface area contributed by atoms with E-state index in [0.29, 0.717) is 10.0 Å². The van der Waals surface area contributed by atoms with E-state index in [0.717, 1.165) is 11.3 Å². The zero-order valence-corrected chi connectivity index (χ0v) is 8.68. The largest absolute Gasteiger partial charge is 0.256 e. The van der Waals surface area contributed by atoms with Crippen LogP contribution in [0.5, 0.6) is 0 Å². The summed E-state index contributed by atoms with van der Waals surface area (Å²) in [5, 5.41) is 1.23. The molecular weight excluding hydrogens is 217 g/mol. The normalized spacial score (nSPS) is 10.1. The van der Waals surface area contributed by atoms with Crippen LogP contribution >= 0.6 is 23.2 Å². The van der Waals surface area contributed by atoms with Crippen LogP contribution in [-0.2, 0) is 0 Å². The molecule has 0 spiro atoms. The Morgan fingerprint density at radius 3 is 2.64 bits per heavy atom. The third-order valence-corrected chi connectivity index (χ3v) is 2.37. The maximum atomic E-state index is 6.03. The molecule has 2 aromatic rings. The van der Waals surface area contributed by atoms with E-state index in [1.54, 1.807) is 24.4 Å². The molecule has 0 unspecified atom stereocenters. The van der Waals surface area contributed by atoms with Crippen LogP contribution in [0.25, 0.3) is 11.3 Å². The second kappa shape index (κ2) is 3.99. The molecule has 3 heteroatoms. The van der Waals surface area contributed by atoms with Gasteiger partial charge in [0.2, 0.25) is 0 Å². The van der Waals surface area contributed by atoms with Gasteiger partial charge in [-0.05, 0) is 24.3 Å². The molecule has 0 atom stereocenters. The van der Waals surface area contributed by atoms with E-state index in [2.05, 4.69) is 11.1 Å². The topological polar surface area (TPSA) is 12.9 Å². The van der Waals surface area contributed by atoms with Gasteiger partial charge in [-0.3, -0.25) is 4.98 Å². The van der Waals surface area contributed by atoms with Crippen molar-refractivity contribution in [1.29, 1.82) is 0 Å². The first-order valence-corrected chi connectivity index (χ1v) is 4.80. The first-order valence-electron chi connectivity index (χ1n) is 4.05. The van der Waals surface area contributed by atoms with Crippen molar-refractivity contribution < 1.29 is 0 Å². The molecule has 0 bridgehead atoms. The molecule has 1 nitrogen and oxygen atoms in total. The van der Waals surface area contributed by atoms with E-state index >= 15 is 0 Å². The van der Waals surface area contributed by atoms with Crippen LogP contribution in [0, 0.1) is 6.07 Å². The Balaban J connectivity index is 2.53. The lowest BCUT2D eigenvalue weighted by Crippen LogP contribution is -1.82. The van der Waals surface area contributed by atoms with Gasteiger partial charge in [-0.1, -0.05) is 29.3 Å². The highest BCUT2D eigenvalue weighted by Crippen LogP contribution is 2.28. The Hall–Kier alpha value is -1.05. The lowest BCUT2D eigenvalue weighted by atomic mass is 10.1. The Kier molecular flexibility index (Phi) is 2.71. The third kappa shape index (κ3) is 1.89. The summed E-state index contributed by atoms with van der Waals surface area (Å²) in [6.45, 7) is 0. The molecule has 69 valence electrons. The second-order valence-electron chi connectivity index (χ2n) is 2.77. The van der Waals surface area contributed by atoms with Crippen molar-refractivity contribution in [2.45, 2.75) is 0 Å². The molecular formula is C11H6Cl2N. The molecule has 1 aromatic heterocycles. The molecule has 2 rings (SSSR count). The summed E-state index contributed by atoms with van der Waals surface area (Å²) in [5.74, 6) is 0. The highest BCUT2D eigenvalue weighted by Gasteiger charge is 2.03. The maximum absolute atomic E-state index is 6.03. The number of hydrogen-bond donors (Lipinski definition) is 0. The summed E-state index contributed by atoms with van der Waals surface area (Å²) in [6, 6.07) is 11.9. The molecule has 14 heavy (non-hydrogen) atoms. The van der Waals surface area contributed by atoms with Crippen molar-refractivity contribution in [3.63, 3.8) is 0 Å². The van der Waals surface area contributed by atoms with Crippen molar-refractivity contribution in [2.75, 3.05) is 0 Å². The summed E-state index contributed by atoms with van der Waals surface area (Å²) in [6.07, 6.45) is 1.61. The molecule has 0 amide bonds. The molecule has 1 radical (unpaired) electrons. The van der Waals surface area contributed by atoms with Crippen LogP contribution in [0.3, 0.4) is 0 Å². The predicted octanol–water partition coefficient (Wildman–Crippen LogP) is 3.86. The van der Waals surface area contributed by atoms with Crippen LogP contribution in [0.2, 0.25) is 10.0 Å². The van der Waals surface area contributed by atoms with Crippen molar-refractivity contribution in [1.82, 2.24) is 4.98 Å². The highest BCUT2D eigenvalue weighted by atomic mass is 35.5. The average molecular weight is 223 g/mol. The maximum Gasteiger partial charge on any atom is 0.0717 e. The minimum absolute atomic E-state index is 0.608. The van der Waals surface area contributed by atoms with Crippen molar-refractivity contribution in [3.05, 3.63) is 52.6 Å². The number of halogens is 2. The first-order chi connectivity index (χ1) is 6.77. The van der Waals surface area contributed by atoms with Gasteiger partial charge >= 0.3 is 0 Å². The van der Waals surface area contributed by atoms with Crippen molar-refractivity contribution >= 4 is 23.2 Å². The van der Waals surface area contributed by atoms with E-state index < -0.39 is 0 Å². The van der Waals surface area contributed by atoms with Crippen LogP contribution in [0.4, 0.5) is 0 Å². The van der Waals surface area contributed by atoms with Gasteiger partial charge in [0, 0.05) is 22.8 Å². The van der Waals surface area contributed by atoms with Gasteiger partial charge in [-0.2, -0.15) is 0 Å². The van der Waals surface area contributed by atoms with E-state index in [9.17, 15) is 0 Å². The number of benzene rings is 1. The van der Waals surface area contributed by atoms with E-state index in [1.165, 1.54) is 0 Å². The molecule has 0 aliphatic heterocycles. The van der Waals surface area contributed by atoms with Crippen molar-refractivity contribution in [2.24, 2.45) is 0 Å². The van der Waals surface area contributed by atoms with Gasteiger partial charge in [0.1, 0.15) is 0 Å². The minimum Gasteiger partial charge on any atom is -0.256 e. The van der Waals surface area contributed by atoms with Gasteiger partial charge in [0.05, 0.1) is 10.7 Å². The van der Waals surface area contributed by atoms with Crippen LogP contribution in [0.15, 0.2) is 36.5 Å². The van der Waals surface area contributed by atoms with E-state index in [4.69, 9.17) is 23.2 Å². The van der Waals surface area contributed by atoms with Gasteiger partial charge in [-0.25, -0.2) is 0 Å². The highest BCUT2D eigenvalue weighted by molar-refractivity contribution is 6.36. The number of rotatable bonds is 1. The monoisotopic (exact) mass is 222 g/mol. The number of hydrogen-bond acceptors (Lipinski definition) is 1. The molecule has 0 saturated heterocycles. The first kappa shape index (κ1) is 9.50. The average Bonchev–Trinajstić information content (AvgIpc) is 2.19. The number of aromatic nitrogens is 1. The minimum atomic E-state index is 0.608. The fourth-order valence-corrected chi connectivity index (χ4v) is 1.68. The zero-order valence-electron chi connectivity index (χ0n) is 7.17. The Labute approximate surface area is 92.3 Å². The molecule has 1 aromatic carbocycles. The molecule has 0 N–H and O–H groups in total. The summed E-state index contributed by atoms with van der Waals surface area (Å²) < 4.78 is 0. The second-order valence-corrected chi connectivity index (χ2v) is 3.61.